The predicted molar refractivity (Wildman–Crippen MR) is 76.4 cm³/mol. The number of non-ortho nitro benzene ring substituents is 1. The normalized spacial score (nSPS) is 11.4. The van der Waals surface area contributed by atoms with Gasteiger partial charge in [-0.05, 0) is 29.8 Å². The van der Waals surface area contributed by atoms with Gasteiger partial charge in [0.2, 0.25) is 0 Å². The van der Waals surface area contributed by atoms with Crippen molar-refractivity contribution in [3.8, 4) is 0 Å². The highest BCUT2D eigenvalue weighted by molar-refractivity contribution is 9.10. The summed E-state index contributed by atoms with van der Waals surface area (Å²) >= 11 is 2.94. The van der Waals surface area contributed by atoms with Crippen molar-refractivity contribution in [3.63, 3.8) is 0 Å². The van der Waals surface area contributed by atoms with E-state index in [0.29, 0.717) is 0 Å². The van der Waals surface area contributed by atoms with E-state index < -0.39 is 30.5 Å². The van der Waals surface area contributed by atoms with E-state index in [-0.39, 0.29) is 16.1 Å². The van der Waals surface area contributed by atoms with Crippen LogP contribution in [0, 0.1) is 10.1 Å². The van der Waals surface area contributed by atoms with E-state index in [1.807, 2.05) is 0 Å². The van der Waals surface area contributed by atoms with Crippen LogP contribution in [0.2, 0.25) is 0 Å². The van der Waals surface area contributed by atoms with Gasteiger partial charge in [-0.3, -0.25) is 14.9 Å². The van der Waals surface area contributed by atoms with Gasteiger partial charge in [0.1, 0.15) is 4.90 Å². The third-order valence-electron chi connectivity index (χ3n) is 2.16. The number of amides is 1. The lowest BCUT2D eigenvalue weighted by molar-refractivity contribution is -0.385. The van der Waals surface area contributed by atoms with Crippen molar-refractivity contribution in [1.29, 1.82) is 0 Å². The molecule has 0 heterocycles. The number of benzene rings is 1. The molecule has 1 N–H and O–H groups in total. The quantitative estimate of drug-likeness (QED) is 0.486. The molecule has 1 rings (SSSR count). The minimum atomic E-state index is -4.23. The number of rotatable bonds is 4. The number of nitrogens with zero attached hydrogens (tertiary/aromatic N) is 1. The summed E-state index contributed by atoms with van der Waals surface area (Å²) in [5.74, 6) is -0.642. The van der Waals surface area contributed by atoms with Crippen molar-refractivity contribution in [3.05, 3.63) is 32.3 Å². The molecule has 1 aromatic rings. The fourth-order valence-corrected chi connectivity index (χ4v) is 3.65. The second kappa shape index (κ2) is 6.06. The lowest BCUT2D eigenvalue weighted by Crippen LogP contribution is -2.30. The van der Waals surface area contributed by atoms with Gasteiger partial charge in [0, 0.05) is 28.9 Å². The molecule has 10 heteroatoms. The minimum absolute atomic E-state index is 0.115. The number of halogens is 2. The van der Waals surface area contributed by atoms with Gasteiger partial charge in [-0.2, -0.15) is 0 Å². The average Bonchev–Trinajstić information content (AvgIpc) is 2.25. The van der Waals surface area contributed by atoms with Crippen LogP contribution in [0.4, 0.5) is 5.69 Å². The summed E-state index contributed by atoms with van der Waals surface area (Å²) < 4.78 is 22.7. The van der Waals surface area contributed by atoms with Gasteiger partial charge in [0.15, 0.2) is 0 Å². The number of carbonyl (C=O) groups excluding carboxylic acids is 1. The zero-order valence-corrected chi connectivity index (χ0v) is 13.5. The van der Waals surface area contributed by atoms with Crippen LogP contribution in [0.1, 0.15) is 24.2 Å². The van der Waals surface area contributed by atoms with Crippen molar-refractivity contribution in [2.45, 2.75) is 24.8 Å². The molecule has 0 aliphatic heterocycles. The van der Waals surface area contributed by atoms with Crippen molar-refractivity contribution < 1.29 is 18.1 Å². The van der Waals surface area contributed by atoms with Crippen LogP contribution in [0.25, 0.3) is 0 Å². The molecule has 0 spiro atoms. The molecule has 0 aliphatic rings. The summed E-state index contributed by atoms with van der Waals surface area (Å²) in [5, 5.41) is 13.3. The molecule has 0 fully saturated rings. The summed E-state index contributed by atoms with van der Waals surface area (Å²) in [6.07, 6.45) is 0. The average molecular weight is 386 g/mol. The number of hydrogen-bond acceptors (Lipinski definition) is 5. The van der Waals surface area contributed by atoms with Crippen molar-refractivity contribution in [1.82, 2.24) is 5.32 Å². The van der Waals surface area contributed by atoms with Crippen LogP contribution >= 0.6 is 26.6 Å². The molecule has 0 saturated heterocycles. The first-order chi connectivity index (χ1) is 9.04. The molecular weight excluding hydrogens is 376 g/mol. The second-order valence-electron chi connectivity index (χ2n) is 4.13. The topological polar surface area (TPSA) is 106 Å². The Hall–Kier alpha value is -1.19. The number of carbonyl (C=O) groups is 1. The van der Waals surface area contributed by atoms with E-state index in [2.05, 4.69) is 21.2 Å². The van der Waals surface area contributed by atoms with E-state index >= 15 is 0 Å². The van der Waals surface area contributed by atoms with Crippen LogP contribution in [-0.4, -0.2) is 25.3 Å². The Balaban J connectivity index is 3.56. The summed E-state index contributed by atoms with van der Waals surface area (Å²) in [4.78, 5) is 21.4. The highest BCUT2D eigenvalue weighted by Gasteiger charge is 2.25. The third kappa shape index (κ3) is 3.90. The Kier molecular flexibility index (Phi) is 5.11. The van der Waals surface area contributed by atoms with Crippen LogP contribution in [0.5, 0.6) is 0 Å². The van der Waals surface area contributed by atoms with Gasteiger partial charge in [-0.1, -0.05) is 0 Å². The number of nitro groups is 1. The van der Waals surface area contributed by atoms with Crippen molar-refractivity contribution in [2.75, 3.05) is 0 Å². The van der Waals surface area contributed by atoms with E-state index in [0.717, 1.165) is 12.1 Å². The van der Waals surface area contributed by atoms with E-state index in [1.54, 1.807) is 13.8 Å². The maximum Gasteiger partial charge on any atom is 0.271 e. The zero-order valence-electron chi connectivity index (χ0n) is 10.4. The summed E-state index contributed by atoms with van der Waals surface area (Å²) in [5.41, 5.74) is -0.714. The van der Waals surface area contributed by atoms with Crippen LogP contribution in [0.15, 0.2) is 21.5 Å². The highest BCUT2D eigenvalue weighted by Crippen LogP contribution is 2.32. The molecule has 110 valence electrons. The molecule has 0 saturated carbocycles. The molecule has 0 aliphatic carbocycles. The van der Waals surface area contributed by atoms with Gasteiger partial charge in [-0.15, -0.1) is 0 Å². The molecule has 1 aromatic carbocycles. The molecule has 7 nitrogen and oxygen atoms in total. The van der Waals surface area contributed by atoms with Gasteiger partial charge in [0.25, 0.3) is 20.6 Å². The maximum atomic E-state index is 11.9. The van der Waals surface area contributed by atoms with E-state index in [4.69, 9.17) is 10.7 Å². The number of nitro benzene ring substituents is 1. The molecule has 0 aromatic heterocycles. The third-order valence-corrected chi connectivity index (χ3v) is 4.62. The highest BCUT2D eigenvalue weighted by atomic mass is 79.9. The summed E-state index contributed by atoms with van der Waals surface area (Å²) in [6.45, 7) is 3.39. The molecule has 1 amide bonds. The molecule has 20 heavy (non-hydrogen) atoms. The van der Waals surface area contributed by atoms with Crippen LogP contribution < -0.4 is 5.32 Å². The maximum absolute atomic E-state index is 11.9. The first-order valence-electron chi connectivity index (χ1n) is 5.27. The second-order valence-corrected chi connectivity index (χ2v) is 7.46. The van der Waals surface area contributed by atoms with Crippen molar-refractivity contribution >= 4 is 47.3 Å². The summed E-state index contributed by atoms with van der Waals surface area (Å²) in [7, 11) is 0.978. The van der Waals surface area contributed by atoms with Gasteiger partial charge in [0.05, 0.1) is 15.0 Å². The fourth-order valence-electron chi connectivity index (χ4n) is 1.37. The molecule has 0 radical (unpaired) electrons. The lowest BCUT2D eigenvalue weighted by Gasteiger charge is -2.11. The van der Waals surface area contributed by atoms with Crippen molar-refractivity contribution in [2.24, 2.45) is 0 Å². The summed E-state index contributed by atoms with van der Waals surface area (Å²) in [6, 6.07) is 1.55. The Bertz CT molecular complexity index is 674. The molecule has 0 atom stereocenters. The Morgan fingerprint density at radius 3 is 2.40 bits per heavy atom. The number of nitrogens with one attached hydrogen (secondary N) is 1. The van der Waals surface area contributed by atoms with Crippen LogP contribution in [-0.2, 0) is 9.05 Å². The van der Waals surface area contributed by atoms with Gasteiger partial charge >= 0.3 is 0 Å². The van der Waals surface area contributed by atoms with Gasteiger partial charge in [-0.25, -0.2) is 8.42 Å². The molecule has 0 bridgehead atoms. The monoisotopic (exact) mass is 384 g/mol. The first kappa shape index (κ1) is 16.9. The van der Waals surface area contributed by atoms with E-state index in [9.17, 15) is 23.3 Å². The zero-order chi connectivity index (χ0) is 15.7. The van der Waals surface area contributed by atoms with E-state index in [1.165, 1.54) is 0 Å². The van der Waals surface area contributed by atoms with Gasteiger partial charge < -0.3 is 5.32 Å². The SMILES string of the molecule is CC(C)NC(=O)c1cc([N+](=O)[O-])cc(S(=O)(=O)Cl)c1Br. The molecule has 0 unspecified atom stereocenters. The number of hydrogen-bond donors (Lipinski definition) is 1. The minimum Gasteiger partial charge on any atom is -0.350 e. The largest absolute Gasteiger partial charge is 0.350 e. The van der Waals surface area contributed by atoms with Crippen LogP contribution in [0.3, 0.4) is 0 Å². The smallest absolute Gasteiger partial charge is 0.271 e. The lowest BCUT2D eigenvalue weighted by atomic mass is 10.2. The predicted octanol–water partition coefficient (Wildman–Crippen LogP) is 2.42. The Morgan fingerprint density at radius 2 is 2.00 bits per heavy atom. The molecular formula is C10H10BrClN2O5S. The Labute approximate surface area is 128 Å². The Morgan fingerprint density at radius 1 is 1.45 bits per heavy atom. The first-order valence-corrected chi connectivity index (χ1v) is 8.37. The fraction of sp³-hybridized carbons (Fsp3) is 0.300. The standard InChI is InChI=1S/C10H10BrClN2O5S/c1-5(2)13-10(15)7-3-6(14(16)17)4-8(9(7)11)20(12,18)19/h3-5H,1-2H3,(H,13,15).